The summed E-state index contributed by atoms with van der Waals surface area (Å²) in [5.74, 6) is -1.24. The molecular weight excluding hydrogens is 409 g/mol. The van der Waals surface area contributed by atoms with Crippen LogP contribution in [-0.2, 0) is 9.53 Å². The number of carbonyl (C=O) groups excluding carboxylic acids is 2. The molecule has 4 rings (SSSR count). The molecule has 1 heterocycles. The van der Waals surface area contributed by atoms with Gasteiger partial charge in [-0.2, -0.15) is 5.10 Å². The van der Waals surface area contributed by atoms with Crippen LogP contribution in [0.1, 0.15) is 42.5 Å². The van der Waals surface area contributed by atoms with Crippen LogP contribution < -0.4 is 0 Å². The van der Waals surface area contributed by atoms with Crippen LogP contribution in [-0.4, -0.2) is 46.3 Å². The first kappa shape index (κ1) is 21.7. The first-order chi connectivity index (χ1) is 15.5. The minimum atomic E-state index is -0.642. The van der Waals surface area contributed by atoms with Gasteiger partial charge in [0.25, 0.3) is 5.91 Å². The Morgan fingerprint density at radius 2 is 1.75 bits per heavy atom. The highest BCUT2D eigenvalue weighted by molar-refractivity contribution is 5.97. The van der Waals surface area contributed by atoms with Gasteiger partial charge >= 0.3 is 5.97 Å². The normalized spacial score (nSPS) is 14.2. The number of benzene rings is 2. The van der Waals surface area contributed by atoms with E-state index in [0.717, 1.165) is 31.4 Å². The smallest absolute Gasteiger partial charge is 0.342 e. The maximum Gasteiger partial charge on any atom is 0.342 e. The van der Waals surface area contributed by atoms with Crippen LogP contribution in [0, 0.1) is 5.82 Å². The van der Waals surface area contributed by atoms with E-state index in [1.165, 1.54) is 18.6 Å². The van der Waals surface area contributed by atoms with Gasteiger partial charge in [-0.15, -0.1) is 0 Å². The maximum atomic E-state index is 13.4. The fourth-order valence-corrected chi connectivity index (χ4v) is 4.04. The topological polar surface area (TPSA) is 64.4 Å². The van der Waals surface area contributed by atoms with Crippen molar-refractivity contribution in [3.8, 4) is 16.9 Å². The lowest BCUT2D eigenvalue weighted by atomic mass is 9.94. The van der Waals surface area contributed by atoms with Crippen molar-refractivity contribution >= 4 is 11.9 Å². The molecule has 1 aromatic heterocycles. The molecule has 1 aliphatic carbocycles. The molecule has 1 fully saturated rings. The molecule has 3 aromatic rings. The molecule has 0 spiro atoms. The molecule has 2 aromatic carbocycles. The Kier molecular flexibility index (Phi) is 6.63. The number of esters is 1. The summed E-state index contributed by atoms with van der Waals surface area (Å²) in [7, 11) is 1.77. The van der Waals surface area contributed by atoms with Crippen LogP contribution in [0.25, 0.3) is 16.9 Å². The molecule has 1 saturated carbocycles. The lowest BCUT2D eigenvalue weighted by molar-refractivity contribution is -0.135. The Hall–Kier alpha value is -3.48. The van der Waals surface area contributed by atoms with E-state index in [9.17, 15) is 14.0 Å². The average Bonchev–Trinajstić information content (AvgIpc) is 3.29. The molecule has 1 aliphatic rings. The first-order valence-electron chi connectivity index (χ1n) is 10.9. The second-order valence-corrected chi connectivity index (χ2v) is 8.05. The highest BCUT2D eigenvalue weighted by Gasteiger charge is 2.25. The number of para-hydroxylation sites is 1. The number of aromatic nitrogens is 2. The van der Waals surface area contributed by atoms with Crippen molar-refractivity contribution in [3.05, 3.63) is 72.2 Å². The van der Waals surface area contributed by atoms with Crippen LogP contribution in [0.3, 0.4) is 0 Å². The van der Waals surface area contributed by atoms with Crippen LogP contribution >= 0.6 is 0 Å². The fourth-order valence-electron chi connectivity index (χ4n) is 4.04. The van der Waals surface area contributed by atoms with E-state index in [4.69, 9.17) is 4.74 Å². The standard InChI is InChI=1S/C25H26FN3O3/c1-28(20-8-4-2-5-9-20)23(30)17-32-25(31)22-16-29(21-10-6-3-7-11-21)27-24(22)18-12-14-19(26)15-13-18/h3,6-7,10-16,20H,2,4-5,8-9,17H2,1H3. The van der Waals surface area contributed by atoms with Gasteiger partial charge < -0.3 is 9.64 Å². The van der Waals surface area contributed by atoms with Gasteiger partial charge in [-0.25, -0.2) is 13.9 Å². The van der Waals surface area contributed by atoms with Crippen molar-refractivity contribution in [1.82, 2.24) is 14.7 Å². The molecule has 7 heteroatoms. The Labute approximate surface area is 186 Å². The number of amides is 1. The molecule has 32 heavy (non-hydrogen) atoms. The number of rotatable bonds is 6. The Morgan fingerprint density at radius 1 is 1.06 bits per heavy atom. The van der Waals surface area contributed by atoms with E-state index in [-0.39, 0.29) is 29.9 Å². The lowest BCUT2D eigenvalue weighted by Gasteiger charge is -2.31. The van der Waals surface area contributed by atoms with Gasteiger partial charge in [0.05, 0.1) is 5.69 Å². The number of nitrogens with zero attached hydrogens (tertiary/aromatic N) is 3. The minimum absolute atomic E-state index is 0.200. The second-order valence-electron chi connectivity index (χ2n) is 8.05. The fraction of sp³-hybridized carbons (Fsp3) is 0.320. The molecule has 1 amide bonds. The molecule has 0 aliphatic heterocycles. The zero-order valence-corrected chi connectivity index (χ0v) is 18.0. The summed E-state index contributed by atoms with van der Waals surface area (Å²) >= 11 is 0. The highest BCUT2D eigenvalue weighted by Crippen LogP contribution is 2.25. The highest BCUT2D eigenvalue weighted by atomic mass is 19.1. The lowest BCUT2D eigenvalue weighted by Crippen LogP contribution is -2.40. The van der Waals surface area contributed by atoms with Crippen molar-refractivity contribution in [2.75, 3.05) is 13.7 Å². The third kappa shape index (κ3) is 4.88. The number of carbonyl (C=O) groups is 2. The van der Waals surface area contributed by atoms with E-state index in [2.05, 4.69) is 5.10 Å². The summed E-state index contributed by atoms with van der Waals surface area (Å²) < 4.78 is 20.4. The number of ether oxygens (including phenoxy) is 1. The van der Waals surface area contributed by atoms with Crippen molar-refractivity contribution < 1.29 is 18.7 Å². The van der Waals surface area contributed by atoms with Crippen LogP contribution in [0.2, 0.25) is 0 Å². The van der Waals surface area contributed by atoms with Gasteiger partial charge in [0.1, 0.15) is 17.1 Å². The molecule has 0 saturated heterocycles. The molecule has 0 bridgehead atoms. The number of hydrogen-bond donors (Lipinski definition) is 0. The minimum Gasteiger partial charge on any atom is -0.452 e. The zero-order chi connectivity index (χ0) is 22.5. The van der Waals surface area contributed by atoms with Gasteiger partial charge in [-0.1, -0.05) is 37.5 Å². The van der Waals surface area contributed by atoms with Gasteiger partial charge in [-0.3, -0.25) is 4.79 Å². The van der Waals surface area contributed by atoms with Crippen LogP contribution in [0.4, 0.5) is 4.39 Å². The Morgan fingerprint density at radius 3 is 2.44 bits per heavy atom. The molecule has 0 N–H and O–H groups in total. The zero-order valence-electron chi connectivity index (χ0n) is 18.0. The summed E-state index contributed by atoms with van der Waals surface area (Å²) in [6.07, 6.45) is 6.96. The SMILES string of the molecule is CN(C(=O)COC(=O)c1cn(-c2ccccc2)nc1-c1ccc(F)cc1)C1CCCCC1. The summed E-state index contributed by atoms with van der Waals surface area (Å²) in [6.45, 7) is -0.328. The van der Waals surface area contributed by atoms with Crippen LogP contribution in [0.5, 0.6) is 0 Å². The van der Waals surface area contributed by atoms with E-state index in [1.54, 1.807) is 35.0 Å². The summed E-state index contributed by atoms with van der Waals surface area (Å²) in [6, 6.07) is 15.3. The largest absolute Gasteiger partial charge is 0.452 e. The molecule has 0 unspecified atom stereocenters. The third-order valence-corrected chi connectivity index (χ3v) is 5.92. The molecular formula is C25H26FN3O3. The quantitative estimate of drug-likeness (QED) is 0.530. The van der Waals surface area contributed by atoms with E-state index >= 15 is 0 Å². The van der Waals surface area contributed by atoms with Crippen molar-refractivity contribution in [1.29, 1.82) is 0 Å². The van der Waals surface area contributed by atoms with Crippen molar-refractivity contribution in [3.63, 3.8) is 0 Å². The molecule has 0 atom stereocenters. The number of likely N-dealkylation sites (N-methyl/N-ethyl adjacent to an activating group) is 1. The molecule has 0 radical (unpaired) electrons. The number of halogens is 1. The summed E-state index contributed by atoms with van der Waals surface area (Å²) in [5.41, 5.74) is 1.93. The first-order valence-corrected chi connectivity index (χ1v) is 10.9. The number of hydrogen-bond acceptors (Lipinski definition) is 4. The average molecular weight is 435 g/mol. The van der Waals surface area contributed by atoms with Crippen LogP contribution in [0.15, 0.2) is 60.8 Å². The maximum absolute atomic E-state index is 13.4. The van der Waals surface area contributed by atoms with Gasteiger partial charge in [-0.05, 0) is 49.2 Å². The van der Waals surface area contributed by atoms with Crippen molar-refractivity contribution in [2.24, 2.45) is 0 Å². The summed E-state index contributed by atoms with van der Waals surface area (Å²) in [5, 5.41) is 4.54. The summed E-state index contributed by atoms with van der Waals surface area (Å²) in [4.78, 5) is 27.2. The third-order valence-electron chi connectivity index (χ3n) is 5.92. The molecule has 6 nitrogen and oxygen atoms in total. The van der Waals surface area contributed by atoms with E-state index in [0.29, 0.717) is 11.3 Å². The Bertz CT molecular complexity index is 1070. The monoisotopic (exact) mass is 435 g/mol. The predicted octanol–water partition coefficient (Wildman–Crippen LogP) is 4.63. The molecule has 166 valence electrons. The van der Waals surface area contributed by atoms with E-state index < -0.39 is 5.97 Å². The van der Waals surface area contributed by atoms with Crippen molar-refractivity contribution in [2.45, 2.75) is 38.1 Å². The predicted molar refractivity (Wildman–Crippen MR) is 119 cm³/mol. The van der Waals surface area contributed by atoms with Gasteiger partial charge in [0.15, 0.2) is 6.61 Å². The second kappa shape index (κ2) is 9.77. The van der Waals surface area contributed by atoms with E-state index in [1.807, 2.05) is 30.3 Å². The Balaban J connectivity index is 1.54. The van der Waals surface area contributed by atoms with Gasteiger partial charge in [0, 0.05) is 24.8 Å². The van der Waals surface area contributed by atoms with Gasteiger partial charge in [0.2, 0.25) is 0 Å².